The van der Waals surface area contributed by atoms with Gasteiger partial charge in [-0.3, -0.25) is 14.7 Å². The third kappa shape index (κ3) is 3.91. The maximum absolute atomic E-state index is 12.5. The van der Waals surface area contributed by atoms with Crippen LogP contribution in [-0.4, -0.2) is 43.2 Å². The van der Waals surface area contributed by atoms with Crippen molar-refractivity contribution in [3.05, 3.63) is 57.0 Å². The van der Waals surface area contributed by atoms with Crippen LogP contribution < -0.4 is 5.56 Å². The number of amides is 1. The van der Waals surface area contributed by atoms with Crippen molar-refractivity contribution in [2.75, 3.05) is 12.8 Å². The SMILES string of the molecule is Cc1cc(=O)n2[nH]c(SCC(=O)N(C)C(C)c3ccc(Cl)cc3)nc2n1. The molecule has 1 N–H and O–H groups in total. The Labute approximate surface area is 159 Å². The number of aromatic amines is 1. The third-order valence-corrected chi connectivity index (χ3v) is 5.20. The monoisotopic (exact) mass is 391 g/mol. The van der Waals surface area contributed by atoms with Crippen LogP contribution in [0.1, 0.15) is 24.2 Å². The molecule has 0 fully saturated rings. The maximum Gasteiger partial charge on any atom is 0.274 e. The highest BCUT2D eigenvalue weighted by molar-refractivity contribution is 7.99. The molecule has 26 heavy (non-hydrogen) atoms. The van der Waals surface area contributed by atoms with Crippen LogP contribution in [0.15, 0.2) is 40.3 Å². The van der Waals surface area contributed by atoms with E-state index in [9.17, 15) is 9.59 Å². The van der Waals surface area contributed by atoms with Crippen LogP contribution in [0, 0.1) is 6.92 Å². The molecule has 1 atom stereocenters. The van der Waals surface area contributed by atoms with Crippen LogP contribution in [0.3, 0.4) is 0 Å². The summed E-state index contributed by atoms with van der Waals surface area (Å²) in [5, 5.41) is 4.00. The third-order valence-electron chi connectivity index (χ3n) is 4.10. The molecular weight excluding hydrogens is 374 g/mol. The van der Waals surface area contributed by atoms with Crippen molar-refractivity contribution >= 4 is 35.0 Å². The van der Waals surface area contributed by atoms with Crippen molar-refractivity contribution in [3.8, 4) is 0 Å². The van der Waals surface area contributed by atoms with Gasteiger partial charge >= 0.3 is 0 Å². The van der Waals surface area contributed by atoms with Crippen LogP contribution in [0.5, 0.6) is 0 Å². The quantitative estimate of drug-likeness (QED) is 0.676. The molecule has 0 bridgehead atoms. The van der Waals surface area contributed by atoms with E-state index < -0.39 is 0 Å². The summed E-state index contributed by atoms with van der Waals surface area (Å²) in [5.41, 5.74) is 1.38. The predicted octanol–water partition coefficient (Wildman–Crippen LogP) is 2.69. The molecule has 3 aromatic rings. The molecule has 1 unspecified atom stereocenters. The van der Waals surface area contributed by atoms with Gasteiger partial charge in [-0.05, 0) is 31.5 Å². The minimum absolute atomic E-state index is 0.0469. The fourth-order valence-corrected chi connectivity index (χ4v) is 3.34. The van der Waals surface area contributed by atoms with E-state index in [0.29, 0.717) is 21.7 Å². The van der Waals surface area contributed by atoms with E-state index in [1.54, 1.807) is 18.9 Å². The Hall–Kier alpha value is -2.32. The number of nitrogens with one attached hydrogen (secondary N) is 1. The summed E-state index contributed by atoms with van der Waals surface area (Å²) < 4.78 is 1.26. The zero-order valence-electron chi connectivity index (χ0n) is 14.6. The van der Waals surface area contributed by atoms with Gasteiger partial charge in [-0.1, -0.05) is 35.5 Å². The van der Waals surface area contributed by atoms with E-state index in [0.717, 1.165) is 5.56 Å². The molecule has 2 heterocycles. The molecule has 0 aliphatic carbocycles. The van der Waals surface area contributed by atoms with Crippen molar-refractivity contribution < 1.29 is 4.79 Å². The van der Waals surface area contributed by atoms with E-state index >= 15 is 0 Å². The molecule has 0 spiro atoms. The molecule has 9 heteroatoms. The van der Waals surface area contributed by atoms with Crippen molar-refractivity contribution in [1.29, 1.82) is 0 Å². The van der Waals surface area contributed by atoms with E-state index in [2.05, 4.69) is 15.1 Å². The second-order valence-electron chi connectivity index (χ2n) is 5.92. The zero-order valence-corrected chi connectivity index (χ0v) is 16.1. The van der Waals surface area contributed by atoms with Crippen LogP contribution >= 0.6 is 23.4 Å². The minimum Gasteiger partial charge on any atom is -0.338 e. The Kier molecular flexibility index (Phi) is 5.33. The Bertz CT molecular complexity index is 999. The highest BCUT2D eigenvalue weighted by Gasteiger charge is 2.18. The molecular formula is C17H18ClN5O2S. The summed E-state index contributed by atoms with van der Waals surface area (Å²) >= 11 is 7.14. The molecule has 7 nitrogen and oxygen atoms in total. The van der Waals surface area contributed by atoms with Gasteiger partial charge in [0.05, 0.1) is 11.8 Å². The minimum atomic E-state index is -0.230. The average molecular weight is 392 g/mol. The van der Waals surface area contributed by atoms with Crippen molar-refractivity contribution in [3.63, 3.8) is 0 Å². The number of aromatic nitrogens is 4. The Morgan fingerprint density at radius 1 is 1.35 bits per heavy atom. The number of fused-ring (bicyclic) bond motifs is 1. The van der Waals surface area contributed by atoms with Crippen molar-refractivity contribution in [2.45, 2.75) is 25.0 Å². The topological polar surface area (TPSA) is 83.4 Å². The van der Waals surface area contributed by atoms with Gasteiger partial charge in [-0.15, -0.1) is 0 Å². The number of halogens is 1. The van der Waals surface area contributed by atoms with E-state index in [1.165, 1.54) is 22.3 Å². The van der Waals surface area contributed by atoms with Crippen molar-refractivity contribution in [1.82, 2.24) is 24.5 Å². The predicted molar refractivity (Wildman–Crippen MR) is 102 cm³/mol. The molecule has 1 amide bonds. The largest absolute Gasteiger partial charge is 0.338 e. The first-order valence-electron chi connectivity index (χ1n) is 7.95. The Balaban J connectivity index is 1.67. The number of hydrogen-bond donors (Lipinski definition) is 1. The van der Waals surface area contributed by atoms with E-state index in [-0.39, 0.29) is 23.3 Å². The molecule has 0 radical (unpaired) electrons. The van der Waals surface area contributed by atoms with E-state index in [4.69, 9.17) is 11.6 Å². The van der Waals surface area contributed by atoms with Crippen LogP contribution in [0.4, 0.5) is 0 Å². The highest BCUT2D eigenvalue weighted by atomic mass is 35.5. The molecule has 0 aliphatic heterocycles. The molecule has 0 saturated carbocycles. The molecule has 2 aromatic heterocycles. The first-order chi connectivity index (χ1) is 12.3. The zero-order chi connectivity index (χ0) is 18.8. The molecule has 0 aliphatic rings. The normalized spacial score (nSPS) is 12.3. The summed E-state index contributed by atoms with van der Waals surface area (Å²) in [6, 6.07) is 8.77. The van der Waals surface area contributed by atoms with Gasteiger partial charge in [0.2, 0.25) is 5.91 Å². The maximum atomic E-state index is 12.5. The average Bonchev–Trinajstić information content (AvgIpc) is 3.02. The Morgan fingerprint density at radius 2 is 2.04 bits per heavy atom. The second kappa shape index (κ2) is 7.51. The van der Waals surface area contributed by atoms with Gasteiger partial charge in [-0.25, -0.2) is 4.98 Å². The fourth-order valence-electron chi connectivity index (χ4n) is 2.45. The molecule has 3 rings (SSSR count). The number of hydrogen-bond acceptors (Lipinski definition) is 5. The lowest BCUT2D eigenvalue weighted by molar-refractivity contribution is -0.128. The number of carbonyl (C=O) groups excluding carboxylic acids is 1. The highest BCUT2D eigenvalue weighted by Crippen LogP contribution is 2.22. The van der Waals surface area contributed by atoms with Crippen molar-refractivity contribution in [2.24, 2.45) is 0 Å². The number of nitrogens with zero attached hydrogens (tertiary/aromatic N) is 4. The van der Waals surface area contributed by atoms with Gasteiger partial charge in [0.15, 0.2) is 5.16 Å². The fraction of sp³-hybridized carbons (Fsp3) is 0.294. The van der Waals surface area contributed by atoms with Gasteiger partial charge in [-0.2, -0.15) is 9.50 Å². The number of H-pyrrole nitrogens is 1. The standard InChI is InChI=1S/C17H18ClN5O2S/c1-10-8-14(24)23-16(19-10)20-17(21-23)26-9-15(25)22(3)11(2)12-4-6-13(18)7-5-12/h4-8,11H,9H2,1-3H3,(H,19,20,21). The number of benzene rings is 1. The number of aryl methyl sites for hydroxylation is 1. The molecule has 136 valence electrons. The number of rotatable bonds is 5. The Morgan fingerprint density at radius 3 is 2.73 bits per heavy atom. The summed E-state index contributed by atoms with van der Waals surface area (Å²) in [5.74, 6) is 0.448. The summed E-state index contributed by atoms with van der Waals surface area (Å²) in [6.45, 7) is 3.69. The molecule has 0 saturated heterocycles. The summed E-state index contributed by atoms with van der Waals surface area (Å²) in [6.07, 6.45) is 0. The first-order valence-corrected chi connectivity index (χ1v) is 9.32. The number of carbonyl (C=O) groups is 1. The van der Waals surface area contributed by atoms with Gasteiger partial charge in [0, 0.05) is 23.8 Å². The van der Waals surface area contributed by atoms with Gasteiger partial charge < -0.3 is 4.90 Å². The van der Waals surface area contributed by atoms with Crippen LogP contribution in [0.2, 0.25) is 5.02 Å². The molecule has 1 aromatic carbocycles. The lowest BCUT2D eigenvalue weighted by Gasteiger charge is -2.25. The number of thioether (sulfide) groups is 1. The lowest BCUT2D eigenvalue weighted by atomic mass is 10.1. The van der Waals surface area contributed by atoms with Crippen LogP contribution in [-0.2, 0) is 4.79 Å². The van der Waals surface area contributed by atoms with E-state index in [1.807, 2.05) is 31.2 Å². The second-order valence-corrected chi connectivity index (χ2v) is 7.32. The summed E-state index contributed by atoms with van der Waals surface area (Å²) in [7, 11) is 1.76. The lowest BCUT2D eigenvalue weighted by Crippen LogP contribution is -2.31. The van der Waals surface area contributed by atoms with Crippen LogP contribution in [0.25, 0.3) is 5.78 Å². The summed E-state index contributed by atoms with van der Waals surface area (Å²) in [4.78, 5) is 34.5. The first kappa shape index (κ1) is 18.5. The van der Waals surface area contributed by atoms with Gasteiger partial charge in [0.25, 0.3) is 11.3 Å². The smallest absolute Gasteiger partial charge is 0.274 e. The van der Waals surface area contributed by atoms with Gasteiger partial charge in [0.1, 0.15) is 0 Å².